The van der Waals surface area contributed by atoms with Gasteiger partial charge in [0.05, 0.1) is 0 Å². The van der Waals surface area contributed by atoms with Gasteiger partial charge in [0.2, 0.25) is 0 Å². The average molecular weight is 251 g/mol. The van der Waals surface area contributed by atoms with Crippen LogP contribution in [0.25, 0.3) is 0 Å². The van der Waals surface area contributed by atoms with Crippen molar-refractivity contribution >= 4 is 0 Å². The molecule has 0 bridgehead atoms. The number of hydrogen-bond acceptors (Lipinski definition) is 1. The molecule has 1 heteroatoms. The maximum Gasteiger partial charge on any atom is 0.0355 e. The molecule has 0 aliphatic carbocycles. The van der Waals surface area contributed by atoms with Crippen molar-refractivity contribution in [3.63, 3.8) is 0 Å². The topological polar surface area (TPSA) is 3.24 Å². The van der Waals surface area contributed by atoms with E-state index in [4.69, 9.17) is 0 Å². The van der Waals surface area contributed by atoms with Crippen LogP contribution in [0.15, 0.2) is 60.7 Å². The van der Waals surface area contributed by atoms with Gasteiger partial charge in [0.1, 0.15) is 0 Å². The molecule has 0 amide bonds. The zero-order valence-corrected chi connectivity index (χ0v) is 11.5. The van der Waals surface area contributed by atoms with E-state index in [-0.39, 0.29) is 0 Å². The van der Waals surface area contributed by atoms with Crippen LogP contribution in [-0.2, 0) is 6.54 Å². The molecule has 0 radical (unpaired) electrons. The van der Waals surface area contributed by atoms with Crippen LogP contribution in [0.5, 0.6) is 0 Å². The molecule has 98 valence electrons. The smallest absolute Gasteiger partial charge is 0.0355 e. The van der Waals surface area contributed by atoms with Crippen molar-refractivity contribution in [3.8, 4) is 0 Å². The van der Waals surface area contributed by atoms with Gasteiger partial charge in [-0.15, -0.1) is 0 Å². The standard InChI is InChI=1S/C18H21N/c1-15-12-13-18(17-10-6-3-7-11-17)19(15)14-16-8-4-2-5-9-16/h2-11,15,18H,12-14H2,1H3/t15-,18-/m1/s1. The fourth-order valence-electron chi connectivity index (χ4n) is 3.13. The van der Waals surface area contributed by atoms with E-state index in [2.05, 4.69) is 72.5 Å². The van der Waals surface area contributed by atoms with Gasteiger partial charge in [0, 0.05) is 18.6 Å². The third-order valence-electron chi connectivity index (χ3n) is 4.22. The second-order valence-corrected chi connectivity index (χ2v) is 5.51. The summed E-state index contributed by atoms with van der Waals surface area (Å²) in [5, 5.41) is 0. The Morgan fingerprint density at radius 2 is 1.53 bits per heavy atom. The molecule has 1 fully saturated rings. The molecule has 0 aromatic heterocycles. The molecule has 0 unspecified atom stereocenters. The van der Waals surface area contributed by atoms with Gasteiger partial charge in [-0.3, -0.25) is 4.90 Å². The van der Waals surface area contributed by atoms with Crippen LogP contribution in [-0.4, -0.2) is 10.9 Å². The molecule has 0 N–H and O–H groups in total. The third kappa shape index (κ3) is 2.71. The molecule has 1 saturated heterocycles. The normalized spacial score (nSPS) is 23.6. The lowest BCUT2D eigenvalue weighted by molar-refractivity contribution is 0.195. The highest BCUT2D eigenvalue weighted by molar-refractivity contribution is 5.22. The van der Waals surface area contributed by atoms with Gasteiger partial charge >= 0.3 is 0 Å². The van der Waals surface area contributed by atoms with Crippen LogP contribution in [0, 0.1) is 0 Å². The third-order valence-corrected chi connectivity index (χ3v) is 4.22. The number of likely N-dealkylation sites (tertiary alicyclic amines) is 1. The van der Waals surface area contributed by atoms with E-state index >= 15 is 0 Å². The van der Waals surface area contributed by atoms with Gasteiger partial charge in [-0.1, -0.05) is 60.7 Å². The quantitative estimate of drug-likeness (QED) is 0.781. The van der Waals surface area contributed by atoms with Crippen molar-refractivity contribution in [3.05, 3.63) is 71.8 Å². The SMILES string of the molecule is C[C@@H]1CC[C@H](c2ccccc2)N1Cc1ccccc1. The average Bonchev–Trinajstić information content (AvgIpc) is 2.82. The number of benzene rings is 2. The van der Waals surface area contributed by atoms with E-state index in [1.54, 1.807) is 0 Å². The highest BCUT2D eigenvalue weighted by Gasteiger charge is 2.31. The van der Waals surface area contributed by atoms with Crippen LogP contribution in [0.4, 0.5) is 0 Å². The van der Waals surface area contributed by atoms with Crippen molar-refractivity contribution in [1.82, 2.24) is 4.90 Å². The molecule has 1 aliphatic rings. The lowest BCUT2D eigenvalue weighted by Crippen LogP contribution is -2.29. The highest BCUT2D eigenvalue weighted by Crippen LogP contribution is 2.36. The summed E-state index contributed by atoms with van der Waals surface area (Å²) in [6, 6.07) is 23.0. The van der Waals surface area contributed by atoms with Crippen molar-refractivity contribution < 1.29 is 0 Å². The summed E-state index contributed by atoms with van der Waals surface area (Å²) >= 11 is 0. The fraction of sp³-hybridized carbons (Fsp3) is 0.333. The second kappa shape index (κ2) is 5.58. The fourth-order valence-corrected chi connectivity index (χ4v) is 3.13. The molecule has 19 heavy (non-hydrogen) atoms. The predicted molar refractivity (Wildman–Crippen MR) is 79.9 cm³/mol. The van der Waals surface area contributed by atoms with Crippen molar-refractivity contribution in [2.75, 3.05) is 0 Å². The number of rotatable bonds is 3. The summed E-state index contributed by atoms with van der Waals surface area (Å²) in [6.07, 6.45) is 2.57. The molecule has 1 heterocycles. The Balaban J connectivity index is 1.81. The first-order chi connectivity index (χ1) is 9.34. The van der Waals surface area contributed by atoms with E-state index in [0.717, 1.165) is 6.54 Å². The van der Waals surface area contributed by atoms with Crippen molar-refractivity contribution in [1.29, 1.82) is 0 Å². The van der Waals surface area contributed by atoms with Gasteiger partial charge in [-0.05, 0) is 30.9 Å². The van der Waals surface area contributed by atoms with Crippen LogP contribution < -0.4 is 0 Å². The molecular formula is C18H21N. The lowest BCUT2D eigenvalue weighted by atomic mass is 10.0. The van der Waals surface area contributed by atoms with Gasteiger partial charge < -0.3 is 0 Å². The molecule has 3 rings (SSSR count). The summed E-state index contributed by atoms with van der Waals surface area (Å²) in [7, 11) is 0. The molecule has 1 nitrogen and oxygen atoms in total. The minimum absolute atomic E-state index is 0.580. The Hall–Kier alpha value is -1.60. The minimum atomic E-state index is 0.580. The van der Waals surface area contributed by atoms with Gasteiger partial charge in [0.25, 0.3) is 0 Å². The number of nitrogens with zero attached hydrogens (tertiary/aromatic N) is 1. The summed E-state index contributed by atoms with van der Waals surface area (Å²) in [5.41, 5.74) is 2.87. The first kappa shape index (κ1) is 12.4. The van der Waals surface area contributed by atoms with Crippen LogP contribution in [0.3, 0.4) is 0 Å². The van der Waals surface area contributed by atoms with Gasteiger partial charge in [-0.25, -0.2) is 0 Å². The maximum absolute atomic E-state index is 2.64. The van der Waals surface area contributed by atoms with Gasteiger partial charge in [0.15, 0.2) is 0 Å². The van der Waals surface area contributed by atoms with Crippen molar-refractivity contribution in [2.45, 2.75) is 38.4 Å². The zero-order chi connectivity index (χ0) is 13.1. The van der Waals surface area contributed by atoms with E-state index in [0.29, 0.717) is 12.1 Å². The van der Waals surface area contributed by atoms with E-state index in [9.17, 15) is 0 Å². The summed E-state index contributed by atoms with van der Waals surface area (Å²) in [5.74, 6) is 0. The Morgan fingerprint density at radius 3 is 2.21 bits per heavy atom. The van der Waals surface area contributed by atoms with E-state index < -0.39 is 0 Å². The molecule has 2 aromatic rings. The lowest BCUT2D eigenvalue weighted by Gasteiger charge is -2.28. The molecule has 0 spiro atoms. The van der Waals surface area contributed by atoms with E-state index in [1.807, 2.05) is 0 Å². The predicted octanol–water partition coefficient (Wildman–Crippen LogP) is 4.41. The molecule has 2 atom stereocenters. The van der Waals surface area contributed by atoms with Gasteiger partial charge in [-0.2, -0.15) is 0 Å². The van der Waals surface area contributed by atoms with Crippen molar-refractivity contribution in [2.24, 2.45) is 0 Å². The minimum Gasteiger partial charge on any atom is -0.289 e. The molecule has 2 aromatic carbocycles. The number of hydrogen-bond donors (Lipinski definition) is 0. The summed E-state index contributed by atoms with van der Waals surface area (Å²) in [6.45, 7) is 3.41. The zero-order valence-electron chi connectivity index (χ0n) is 11.5. The first-order valence-electron chi connectivity index (χ1n) is 7.19. The van der Waals surface area contributed by atoms with Crippen LogP contribution in [0.1, 0.15) is 36.9 Å². The highest BCUT2D eigenvalue weighted by atomic mass is 15.2. The Kier molecular flexibility index (Phi) is 3.65. The Morgan fingerprint density at radius 1 is 0.895 bits per heavy atom. The molecular weight excluding hydrogens is 230 g/mol. The monoisotopic (exact) mass is 251 g/mol. The Labute approximate surface area is 115 Å². The van der Waals surface area contributed by atoms with Crippen LogP contribution in [0.2, 0.25) is 0 Å². The molecule has 1 aliphatic heterocycles. The summed E-state index contributed by atoms with van der Waals surface area (Å²) < 4.78 is 0. The maximum atomic E-state index is 2.64. The first-order valence-corrected chi connectivity index (χ1v) is 7.19. The largest absolute Gasteiger partial charge is 0.289 e. The van der Waals surface area contributed by atoms with E-state index in [1.165, 1.54) is 24.0 Å². The van der Waals surface area contributed by atoms with Crippen LogP contribution >= 0.6 is 0 Å². The summed E-state index contributed by atoms with van der Waals surface area (Å²) in [4.78, 5) is 2.64. The molecule has 0 saturated carbocycles. The second-order valence-electron chi connectivity index (χ2n) is 5.51. The Bertz CT molecular complexity index is 506.